The van der Waals surface area contributed by atoms with Crippen LogP contribution in [0.4, 0.5) is 10.2 Å². The predicted octanol–water partition coefficient (Wildman–Crippen LogP) is 2.98. The van der Waals surface area contributed by atoms with Gasteiger partial charge in [0.25, 0.3) is 0 Å². The maximum absolute atomic E-state index is 13.3. The molecule has 4 rings (SSSR count). The van der Waals surface area contributed by atoms with Crippen LogP contribution in [0.5, 0.6) is 0 Å². The molecule has 0 fully saturated rings. The van der Waals surface area contributed by atoms with Gasteiger partial charge in [0, 0.05) is 30.4 Å². The maximum Gasteiger partial charge on any atom is 0.132 e. The van der Waals surface area contributed by atoms with Crippen LogP contribution < -0.4 is 5.32 Å². The number of hydrogen-bond donors (Lipinski definition) is 1. The molecule has 3 heterocycles. The lowest BCUT2D eigenvalue weighted by molar-refractivity contribution is 0.484. The summed E-state index contributed by atoms with van der Waals surface area (Å²) in [5, 5.41) is 8.88. The maximum atomic E-state index is 13.3. The average molecular weight is 268 g/mol. The number of hydrogen-bond acceptors (Lipinski definition) is 3. The van der Waals surface area contributed by atoms with Crippen LogP contribution in [0.2, 0.25) is 0 Å². The second-order valence-corrected chi connectivity index (χ2v) is 4.97. The first-order chi connectivity index (χ1) is 9.83. The highest BCUT2D eigenvalue weighted by molar-refractivity contribution is 5.90. The van der Waals surface area contributed by atoms with E-state index in [0.717, 1.165) is 29.7 Å². The molecule has 1 aromatic carbocycles. The highest BCUT2D eigenvalue weighted by Crippen LogP contribution is 2.34. The minimum Gasteiger partial charge on any atom is -0.370 e. The van der Waals surface area contributed by atoms with Crippen LogP contribution in [0.15, 0.2) is 42.7 Å². The van der Waals surface area contributed by atoms with E-state index in [1.807, 2.05) is 16.9 Å². The van der Waals surface area contributed by atoms with E-state index in [9.17, 15) is 4.39 Å². The molecule has 1 unspecified atom stereocenters. The van der Waals surface area contributed by atoms with Gasteiger partial charge in [-0.15, -0.1) is 0 Å². The summed E-state index contributed by atoms with van der Waals surface area (Å²) in [7, 11) is 0. The fourth-order valence-electron chi connectivity index (χ4n) is 2.81. The Morgan fingerprint density at radius 2 is 2.25 bits per heavy atom. The van der Waals surface area contributed by atoms with Crippen molar-refractivity contribution in [2.45, 2.75) is 12.5 Å². The number of nitrogens with one attached hydrogen (secondary N) is 1. The summed E-state index contributed by atoms with van der Waals surface area (Å²) < 4.78 is 15.3. The Kier molecular flexibility index (Phi) is 2.45. The minimum absolute atomic E-state index is 0.149. The topological polar surface area (TPSA) is 42.7 Å². The molecular formula is C15H13FN4. The lowest BCUT2D eigenvalue weighted by atomic mass is 10.0. The molecule has 0 radical (unpaired) electrons. The smallest absolute Gasteiger partial charge is 0.132 e. The molecule has 1 aliphatic rings. The van der Waals surface area contributed by atoms with Gasteiger partial charge in [-0.3, -0.25) is 4.98 Å². The molecular weight excluding hydrogens is 255 g/mol. The highest BCUT2D eigenvalue weighted by Gasteiger charge is 2.24. The van der Waals surface area contributed by atoms with Crippen molar-refractivity contribution < 1.29 is 4.39 Å². The number of nitrogens with zero attached hydrogens (tertiary/aromatic N) is 3. The number of aromatic nitrogens is 3. The van der Waals surface area contributed by atoms with Crippen LogP contribution in [0.1, 0.15) is 18.0 Å². The normalized spacial score (nSPS) is 17.8. The second kappa shape index (κ2) is 4.30. The standard InChI is InChI=1S/C15H13FN4/c16-11-3-4-12-13(8-11)19-20-14(5-7-18-15(12)20)10-2-1-6-17-9-10/h1-4,6,8-9,14,18H,5,7H2. The van der Waals surface area contributed by atoms with Crippen molar-refractivity contribution in [1.29, 1.82) is 0 Å². The third kappa shape index (κ3) is 1.66. The van der Waals surface area contributed by atoms with Crippen molar-refractivity contribution in [1.82, 2.24) is 14.8 Å². The zero-order valence-corrected chi connectivity index (χ0v) is 10.8. The quantitative estimate of drug-likeness (QED) is 0.737. The van der Waals surface area contributed by atoms with E-state index in [0.29, 0.717) is 5.52 Å². The molecule has 1 aliphatic heterocycles. The van der Waals surface area contributed by atoms with Crippen LogP contribution in [-0.4, -0.2) is 21.3 Å². The fraction of sp³-hybridized carbons (Fsp3) is 0.200. The summed E-state index contributed by atoms with van der Waals surface area (Å²) in [6.07, 6.45) is 4.57. The Labute approximate surface area is 115 Å². The predicted molar refractivity (Wildman–Crippen MR) is 75.2 cm³/mol. The summed E-state index contributed by atoms with van der Waals surface area (Å²) in [5.41, 5.74) is 1.81. The fourth-order valence-corrected chi connectivity index (χ4v) is 2.81. The van der Waals surface area contributed by atoms with Crippen LogP contribution in [0, 0.1) is 5.82 Å². The summed E-state index contributed by atoms with van der Waals surface area (Å²) in [5.74, 6) is 0.700. The minimum atomic E-state index is -0.258. The lowest BCUT2D eigenvalue weighted by Crippen LogP contribution is -2.24. The zero-order chi connectivity index (χ0) is 13.5. The molecule has 1 N–H and O–H groups in total. The third-order valence-corrected chi connectivity index (χ3v) is 3.73. The van der Waals surface area contributed by atoms with Gasteiger partial charge in [-0.05, 0) is 30.2 Å². The molecule has 4 nitrogen and oxygen atoms in total. The molecule has 0 bridgehead atoms. The van der Waals surface area contributed by atoms with Gasteiger partial charge >= 0.3 is 0 Å². The van der Waals surface area contributed by atoms with Crippen molar-refractivity contribution >= 4 is 16.7 Å². The number of anilines is 1. The van der Waals surface area contributed by atoms with E-state index in [-0.39, 0.29) is 11.9 Å². The van der Waals surface area contributed by atoms with Gasteiger partial charge in [0.05, 0.1) is 11.6 Å². The van der Waals surface area contributed by atoms with Gasteiger partial charge in [-0.25, -0.2) is 9.07 Å². The van der Waals surface area contributed by atoms with E-state index >= 15 is 0 Å². The van der Waals surface area contributed by atoms with Crippen LogP contribution in [-0.2, 0) is 0 Å². The summed E-state index contributed by atoms with van der Waals surface area (Å²) >= 11 is 0. The molecule has 3 aromatic rings. The van der Waals surface area contributed by atoms with Crippen molar-refractivity contribution in [3.05, 3.63) is 54.1 Å². The third-order valence-electron chi connectivity index (χ3n) is 3.73. The lowest BCUT2D eigenvalue weighted by Gasteiger charge is -2.25. The second-order valence-electron chi connectivity index (χ2n) is 4.97. The Hall–Kier alpha value is -2.43. The Morgan fingerprint density at radius 1 is 1.30 bits per heavy atom. The summed E-state index contributed by atoms with van der Waals surface area (Å²) in [6, 6.07) is 8.86. The summed E-state index contributed by atoms with van der Waals surface area (Å²) in [4.78, 5) is 4.18. The molecule has 20 heavy (non-hydrogen) atoms. The number of pyridine rings is 1. The average Bonchev–Trinajstić information content (AvgIpc) is 2.85. The molecule has 100 valence electrons. The monoisotopic (exact) mass is 268 g/mol. The molecule has 0 aliphatic carbocycles. The zero-order valence-electron chi connectivity index (χ0n) is 10.8. The van der Waals surface area contributed by atoms with Crippen molar-refractivity contribution in [3.8, 4) is 0 Å². The van der Waals surface area contributed by atoms with Gasteiger partial charge in [0.1, 0.15) is 11.6 Å². The van der Waals surface area contributed by atoms with Crippen LogP contribution in [0.3, 0.4) is 0 Å². The van der Waals surface area contributed by atoms with E-state index in [4.69, 9.17) is 0 Å². The van der Waals surface area contributed by atoms with E-state index in [1.54, 1.807) is 12.3 Å². The van der Waals surface area contributed by atoms with Gasteiger partial charge in [0.15, 0.2) is 0 Å². The van der Waals surface area contributed by atoms with Crippen molar-refractivity contribution in [2.24, 2.45) is 0 Å². The number of halogens is 1. The van der Waals surface area contributed by atoms with E-state index < -0.39 is 0 Å². The van der Waals surface area contributed by atoms with Gasteiger partial charge in [-0.1, -0.05) is 6.07 Å². The van der Waals surface area contributed by atoms with Crippen molar-refractivity contribution in [3.63, 3.8) is 0 Å². The number of fused-ring (bicyclic) bond motifs is 3. The van der Waals surface area contributed by atoms with Gasteiger partial charge in [-0.2, -0.15) is 5.10 Å². The van der Waals surface area contributed by atoms with E-state index in [1.165, 1.54) is 12.1 Å². The SMILES string of the molecule is Fc1ccc2c3n(nc2c1)C(c1cccnc1)CCN3. The van der Waals surface area contributed by atoms with Crippen molar-refractivity contribution in [2.75, 3.05) is 11.9 Å². The van der Waals surface area contributed by atoms with Crippen LogP contribution in [0.25, 0.3) is 10.9 Å². The molecule has 1 atom stereocenters. The molecule has 5 heteroatoms. The first-order valence-electron chi connectivity index (χ1n) is 6.64. The largest absolute Gasteiger partial charge is 0.370 e. The Morgan fingerprint density at radius 3 is 3.10 bits per heavy atom. The number of benzene rings is 1. The highest BCUT2D eigenvalue weighted by atomic mass is 19.1. The summed E-state index contributed by atoms with van der Waals surface area (Å²) in [6.45, 7) is 0.873. The van der Waals surface area contributed by atoms with E-state index in [2.05, 4.69) is 21.5 Å². The first kappa shape index (κ1) is 11.4. The molecule has 0 spiro atoms. The van der Waals surface area contributed by atoms with Gasteiger partial charge < -0.3 is 5.32 Å². The molecule has 0 saturated heterocycles. The first-order valence-corrected chi connectivity index (χ1v) is 6.64. The molecule has 0 amide bonds. The number of rotatable bonds is 1. The molecule has 0 saturated carbocycles. The molecule has 2 aromatic heterocycles. The Balaban J connectivity index is 1.91. The Bertz CT molecular complexity index is 766. The van der Waals surface area contributed by atoms with Crippen LogP contribution >= 0.6 is 0 Å². The van der Waals surface area contributed by atoms with Gasteiger partial charge in [0.2, 0.25) is 0 Å².